The maximum Gasteiger partial charge on any atom is 0.251 e. The summed E-state index contributed by atoms with van der Waals surface area (Å²) in [5.74, 6) is 0.0202. The van der Waals surface area contributed by atoms with E-state index >= 15 is 0 Å². The number of rotatable bonds is 10. The monoisotopic (exact) mass is 510 g/mol. The number of allylic oxidation sites excluding steroid dienone is 2. The average molecular weight is 511 g/mol. The van der Waals surface area contributed by atoms with Gasteiger partial charge in [0.05, 0.1) is 0 Å². The van der Waals surface area contributed by atoms with E-state index in [4.69, 9.17) is 0 Å². The molecule has 2 aromatic carbocycles. The first kappa shape index (κ1) is 26.9. The zero-order valence-corrected chi connectivity index (χ0v) is 22.4. The molecule has 0 unspecified atom stereocenters. The molecule has 0 atom stereocenters. The van der Waals surface area contributed by atoms with Crippen molar-refractivity contribution in [3.63, 3.8) is 0 Å². The zero-order chi connectivity index (χ0) is 26.9. The number of amides is 1. The molecule has 38 heavy (non-hydrogen) atoms. The molecule has 4 N–H and O–H groups in total. The number of aryl methyl sites for hydroxylation is 1. The summed E-state index contributed by atoms with van der Waals surface area (Å²) in [6.45, 7) is 14.6. The van der Waals surface area contributed by atoms with Crippen LogP contribution in [-0.4, -0.2) is 23.7 Å². The van der Waals surface area contributed by atoms with Crippen molar-refractivity contribution in [2.45, 2.75) is 46.2 Å². The van der Waals surface area contributed by atoms with Crippen molar-refractivity contribution >= 4 is 12.0 Å². The third kappa shape index (κ3) is 6.81. The highest BCUT2D eigenvalue weighted by Gasteiger charge is 2.19. The molecule has 1 amide bonds. The number of benzene rings is 2. The predicted molar refractivity (Wildman–Crippen MR) is 155 cm³/mol. The Bertz CT molecular complexity index is 1440. The molecule has 0 bridgehead atoms. The normalized spacial score (nSPS) is 13.1. The summed E-state index contributed by atoms with van der Waals surface area (Å²) in [6.07, 6.45) is 9.38. The molecular formula is C31H38N6O. The fraction of sp³-hybridized carbons (Fsp3) is 0.290. The Balaban J connectivity index is 0.000000323. The van der Waals surface area contributed by atoms with Crippen molar-refractivity contribution < 1.29 is 4.79 Å². The number of hydrogen-bond acceptors (Lipinski definition) is 5. The molecule has 0 saturated heterocycles. The highest BCUT2D eigenvalue weighted by molar-refractivity contribution is 5.99. The summed E-state index contributed by atoms with van der Waals surface area (Å²) in [5.41, 5.74) is 15.1. The molecule has 0 spiro atoms. The second kappa shape index (κ2) is 12.9. The van der Waals surface area contributed by atoms with Crippen molar-refractivity contribution in [1.29, 1.82) is 0 Å². The van der Waals surface area contributed by atoms with Crippen LogP contribution in [0, 0.1) is 6.92 Å². The minimum Gasteiger partial charge on any atom is -0.389 e. The van der Waals surface area contributed by atoms with Gasteiger partial charge in [0, 0.05) is 48.9 Å². The topological polar surface area (TPSA) is 82.5 Å². The van der Waals surface area contributed by atoms with Crippen LogP contribution in [0.5, 0.6) is 0 Å². The first-order valence-electron chi connectivity index (χ1n) is 13.2. The highest BCUT2D eigenvalue weighted by atomic mass is 16.1. The fourth-order valence-electron chi connectivity index (χ4n) is 4.58. The third-order valence-electron chi connectivity index (χ3n) is 6.54. The number of carbonyl (C=O) groups excluding carboxylic acids is 1. The summed E-state index contributed by atoms with van der Waals surface area (Å²) < 4.78 is 1.92. The summed E-state index contributed by atoms with van der Waals surface area (Å²) in [4.78, 5) is 16.3. The van der Waals surface area contributed by atoms with E-state index in [-0.39, 0.29) is 5.91 Å². The minimum atomic E-state index is 0.0202. The molecule has 0 radical (unpaired) electrons. The van der Waals surface area contributed by atoms with E-state index in [0.29, 0.717) is 13.1 Å². The van der Waals surface area contributed by atoms with Crippen LogP contribution >= 0.6 is 0 Å². The van der Waals surface area contributed by atoms with Crippen LogP contribution in [0.2, 0.25) is 0 Å². The first-order chi connectivity index (χ1) is 18.5. The summed E-state index contributed by atoms with van der Waals surface area (Å²) >= 11 is 0. The van der Waals surface area contributed by atoms with E-state index in [9.17, 15) is 4.79 Å². The summed E-state index contributed by atoms with van der Waals surface area (Å²) in [5, 5.41) is 7.19. The smallest absolute Gasteiger partial charge is 0.251 e. The van der Waals surface area contributed by atoms with Crippen LogP contribution in [0.15, 0.2) is 78.6 Å². The molecule has 0 saturated carbocycles. The summed E-state index contributed by atoms with van der Waals surface area (Å²) in [7, 11) is 0. The lowest BCUT2D eigenvalue weighted by Gasteiger charge is -2.13. The number of carbonyl (C=O) groups is 1. The van der Waals surface area contributed by atoms with Crippen molar-refractivity contribution in [1.82, 2.24) is 20.7 Å². The first-order valence-corrected chi connectivity index (χ1v) is 13.2. The van der Waals surface area contributed by atoms with Gasteiger partial charge in [-0.15, -0.1) is 6.58 Å². The molecule has 3 aromatic rings. The average Bonchev–Trinajstić information content (AvgIpc) is 3.50. The molecule has 7 heteroatoms. The Kier molecular flexibility index (Phi) is 9.16. The minimum absolute atomic E-state index is 0.0202. The van der Waals surface area contributed by atoms with E-state index in [0.717, 1.165) is 60.2 Å². The lowest BCUT2D eigenvalue weighted by atomic mass is 9.96. The van der Waals surface area contributed by atoms with Gasteiger partial charge in [0.1, 0.15) is 0 Å². The molecule has 1 aromatic heterocycles. The molecular weight excluding hydrogens is 472 g/mol. The second-order valence-electron chi connectivity index (χ2n) is 9.65. The van der Waals surface area contributed by atoms with E-state index < -0.39 is 0 Å². The maximum absolute atomic E-state index is 11.8. The Labute approximate surface area is 225 Å². The van der Waals surface area contributed by atoms with Crippen LogP contribution in [0.3, 0.4) is 0 Å². The third-order valence-corrected chi connectivity index (χ3v) is 6.54. The van der Waals surface area contributed by atoms with Crippen LogP contribution in [0.25, 0.3) is 17.2 Å². The van der Waals surface area contributed by atoms with Crippen LogP contribution in [0.4, 0.5) is 0 Å². The quantitative estimate of drug-likeness (QED) is 0.190. The predicted octanol–water partition coefficient (Wildman–Crippen LogP) is 3.83. The molecule has 3 heterocycles. The number of aromatic nitrogens is 1. The molecule has 7 nitrogen and oxygen atoms in total. The molecule has 0 aliphatic carbocycles. The van der Waals surface area contributed by atoms with Crippen LogP contribution in [0.1, 0.15) is 53.2 Å². The maximum atomic E-state index is 11.8. The van der Waals surface area contributed by atoms with Crippen molar-refractivity contribution in [2.75, 3.05) is 18.6 Å². The lowest BCUT2D eigenvalue weighted by Crippen LogP contribution is -2.41. The Morgan fingerprint density at radius 2 is 2.03 bits per heavy atom. The van der Waals surface area contributed by atoms with Gasteiger partial charge in [0.15, 0.2) is 5.49 Å². The van der Waals surface area contributed by atoms with E-state index in [1.165, 1.54) is 21.9 Å². The van der Waals surface area contributed by atoms with Gasteiger partial charge in [0.2, 0.25) is 0 Å². The van der Waals surface area contributed by atoms with Crippen molar-refractivity contribution in [2.24, 2.45) is 4.99 Å². The number of nitrogens with zero attached hydrogens (tertiary/aromatic N) is 2. The molecule has 2 aliphatic heterocycles. The number of unbranched alkanes of at least 4 members (excludes halogenated alkanes) is 1. The highest BCUT2D eigenvalue weighted by Crippen LogP contribution is 2.28. The van der Waals surface area contributed by atoms with Gasteiger partial charge in [-0.1, -0.05) is 43.0 Å². The standard InChI is InChI=1S/C23H23N5O.C8H15N/c1-15-11-16(13-26-27-28-10-8-17-3-2-9-24-22(17)28)4-6-20(15)18-5-7-21-19(12-18)14-25-23(21)29;1-4-5-6-7-9-8(2)3/h3-8,10-12,26-27H,2,9,13-14H2,1H3,(H,25,29);4,9H,1-2,5-7H2,3H3. The van der Waals surface area contributed by atoms with Crippen LogP contribution < -0.4 is 32.3 Å². The molecule has 0 fully saturated rings. The molecule has 5 rings (SSSR count). The number of hydrogen-bond donors (Lipinski definition) is 4. The molecule has 2 aliphatic rings. The van der Waals surface area contributed by atoms with Gasteiger partial charge in [-0.05, 0) is 79.1 Å². The number of hydrazine groups is 1. The summed E-state index contributed by atoms with van der Waals surface area (Å²) in [6, 6.07) is 14.6. The van der Waals surface area contributed by atoms with Gasteiger partial charge < -0.3 is 10.6 Å². The fourth-order valence-corrected chi connectivity index (χ4v) is 4.58. The molecule has 198 valence electrons. The van der Waals surface area contributed by atoms with E-state index in [1.54, 1.807) is 0 Å². The van der Waals surface area contributed by atoms with Gasteiger partial charge in [0.25, 0.3) is 5.91 Å². The van der Waals surface area contributed by atoms with E-state index in [1.807, 2.05) is 36.0 Å². The Morgan fingerprint density at radius 1 is 1.18 bits per heavy atom. The van der Waals surface area contributed by atoms with E-state index in [2.05, 4.69) is 83.1 Å². The lowest BCUT2D eigenvalue weighted by molar-refractivity contribution is 0.0965. The zero-order valence-electron chi connectivity index (χ0n) is 22.4. The second-order valence-corrected chi connectivity index (χ2v) is 9.65. The van der Waals surface area contributed by atoms with Gasteiger partial charge in [-0.3, -0.25) is 15.3 Å². The van der Waals surface area contributed by atoms with Crippen molar-refractivity contribution in [3.8, 4) is 11.1 Å². The Hall–Kier alpha value is -4.10. The van der Waals surface area contributed by atoms with Gasteiger partial charge in [-0.25, -0.2) is 10.1 Å². The number of fused-ring (bicyclic) bond motifs is 2. The van der Waals surface area contributed by atoms with Crippen molar-refractivity contribution in [3.05, 3.63) is 107 Å². The van der Waals surface area contributed by atoms with Gasteiger partial charge in [-0.2, -0.15) is 0 Å². The van der Waals surface area contributed by atoms with Crippen LogP contribution in [-0.2, 0) is 13.1 Å². The Morgan fingerprint density at radius 3 is 2.82 bits per heavy atom. The SMILES string of the molecule is C=CCCCNC(=C)C.Cc1cc(CNNn2ccc3c2=NCCC=3)ccc1-c1ccc2c(c1)CNC2=O. The van der Waals surface area contributed by atoms with Gasteiger partial charge >= 0.3 is 0 Å². The number of nitrogens with one attached hydrogen (secondary N) is 4. The largest absolute Gasteiger partial charge is 0.389 e.